The number of nitrogens with one attached hydrogen (secondary N) is 2. The SMILES string of the molecule is CC[C@H](C)[C@H](NC(=O)[C@@H]1N2C(=O)c3ccccc3[C@@H]2SC1(C)C)C(=O)NC1CC1. The quantitative estimate of drug-likeness (QED) is 0.749. The lowest BCUT2D eigenvalue weighted by molar-refractivity contribution is -0.133. The van der Waals surface area contributed by atoms with Crippen LogP contribution in [0, 0.1) is 5.92 Å². The van der Waals surface area contributed by atoms with Gasteiger partial charge in [0.05, 0.1) is 0 Å². The molecule has 6 nitrogen and oxygen atoms in total. The summed E-state index contributed by atoms with van der Waals surface area (Å²) in [6.45, 7) is 7.99. The van der Waals surface area contributed by atoms with Crippen molar-refractivity contribution < 1.29 is 14.4 Å². The highest BCUT2D eigenvalue weighted by Gasteiger charge is 2.57. The number of hydrogen-bond acceptors (Lipinski definition) is 4. The fourth-order valence-electron chi connectivity index (χ4n) is 4.26. The summed E-state index contributed by atoms with van der Waals surface area (Å²) in [5, 5.41) is 5.86. The van der Waals surface area contributed by atoms with E-state index in [0.29, 0.717) is 5.56 Å². The van der Waals surface area contributed by atoms with Gasteiger partial charge in [0.15, 0.2) is 0 Å². The molecule has 1 aliphatic carbocycles. The molecule has 3 amide bonds. The van der Waals surface area contributed by atoms with Gasteiger partial charge in [0, 0.05) is 16.4 Å². The average Bonchev–Trinajstić information content (AvgIpc) is 3.40. The average molecular weight is 416 g/mol. The highest BCUT2D eigenvalue weighted by Crippen LogP contribution is 2.56. The van der Waals surface area contributed by atoms with Crippen LogP contribution in [0.1, 0.15) is 68.3 Å². The Morgan fingerprint density at radius 1 is 1.28 bits per heavy atom. The standard InChI is InChI=1S/C22H29N3O3S/c1-5-12(2)16(18(26)23-13-10-11-13)24-19(27)17-22(3,4)29-21-15-9-7-6-8-14(15)20(28)25(17)21/h6-9,12-13,16-17,21H,5,10-11H2,1-4H3,(H,23,26)(H,24,27)/t12-,16-,17-,21-/m0/s1. The molecule has 0 bridgehead atoms. The van der Waals surface area contributed by atoms with Gasteiger partial charge in [-0.15, -0.1) is 11.8 Å². The summed E-state index contributed by atoms with van der Waals surface area (Å²) < 4.78 is -0.453. The molecule has 1 saturated heterocycles. The van der Waals surface area contributed by atoms with E-state index in [9.17, 15) is 14.4 Å². The maximum absolute atomic E-state index is 13.4. The van der Waals surface area contributed by atoms with Crippen LogP contribution < -0.4 is 10.6 Å². The van der Waals surface area contributed by atoms with Gasteiger partial charge in [0.2, 0.25) is 11.8 Å². The molecule has 2 fully saturated rings. The number of carbonyl (C=O) groups excluding carboxylic acids is 3. The lowest BCUT2D eigenvalue weighted by Crippen LogP contribution is -2.58. The molecule has 3 aliphatic rings. The normalized spacial score (nSPS) is 26.5. The number of rotatable bonds is 6. The highest BCUT2D eigenvalue weighted by molar-refractivity contribution is 8.01. The van der Waals surface area contributed by atoms with Crippen molar-refractivity contribution >= 4 is 29.5 Å². The third-order valence-electron chi connectivity index (χ3n) is 6.26. The van der Waals surface area contributed by atoms with E-state index >= 15 is 0 Å². The van der Waals surface area contributed by atoms with Gasteiger partial charge in [-0.2, -0.15) is 0 Å². The van der Waals surface area contributed by atoms with E-state index in [2.05, 4.69) is 10.6 Å². The molecule has 0 unspecified atom stereocenters. The van der Waals surface area contributed by atoms with Crippen LogP contribution in [0.15, 0.2) is 24.3 Å². The molecule has 0 radical (unpaired) electrons. The Bertz CT molecular complexity index is 851. The Morgan fingerprint density at radius 3 is 2.62 bits per heavy atom. The number of carbonyl (C=O) groups is 3. The first-order valence-electron chi connectivity index (χ1n) is 10.4. The smallest absolute Gasteiger partial charge is 0.256 e. The van der Waals surface area contributed by atoms with Gasteiger partial charge in [0.1, 0.15) is 17.5 Å². The summed E-state index contributed by atoms with van der Waals surface area (Å²) in [4.78, 5) is 41.0. The molecule has 4 atom stereocenters. The zero-order valence-electron chi connectivity index (χ0n) is 17.4. The number of nitrogens with zero attached hydrogens (tertiary/aromatic N) is 1. The van der Waals surface area contributed by atoms with Crippen LogP contribution >= 0.6 is 11.8 Å². The van der Waals surface area contributed by atoms with Crippen molar-refractivity contribution in [2.75, 3.05) is 0 Å². The van der Waals surface area contributed by atoms with Crippen LogP contribution in [-0.4, -0.2) is 45.5 Å². The second-order valence-corrected chi connectivity index (χ2v) is 10.7. The summed E-state index contributed by atoms with van der Waals surface area (Å²) in [7, 11) is 0. The van der Waals surface area contributed by atoms with Crippen molar-refractivity contribution in [1.82, 2.24) is 15.5 Å². The van der Waals surface area contributed by atoms with Crippen LogP contribution in [0.2, 0.25) is 0 Å². The Kier molecular flexibility index (Phi) is 5.13. The molecular weight excluding hydrogens is 386 g/mol. The van der Waals surface area contributed by atoms with E-state index in [0.717, 1.165) is 24.8 Å². The minimum absolute atomic E-state index is 0.0112. The molecule has 2 N–H and O–H groups in total. The molecule has 0 aromatic heterocycles. The number of benzene rings is 1. The molecular formula is C22H29N3O3S. The third kappa shape index (κ3) is 3.54. The van der Waals surface area contributed by atoms with E-state index in [1.54, 1.807) is 16.7 Å². The van der Waals surface area contributed by atoms with E-state index in [4.69, 9.17) is 0 Å². The van der Waals surface area contributed by atoms with Crippen molar-refractivity contribution in [2.45, 2.75) is 75.2 Å². The Hall–Kier alpha value is -2.02. The predicted octanol–water partition coefficient (Wildman–Crippen LogP) is 2.84. The van der Waals surface area contributed by atoms with Crippen molar-refractivity contribution in [3.05, 3.63) is 35.4 Å². The summed E-state index contributed by atoms with van der Waals surface area (Å²) in [6, 6.07) is 6.59. The summed E-state index contributed by atoms with van der Waals surface area (Å²) in [6.07, 6.45) is 2.78. The molecule has 2 heterocycles. The van der Waals surface area contributed by atoms with Crippen molar-refractivity contribution in [3.63, 3.8) is 0 Å². The number of hydrogen-bond donors (Lipinski definition) is 2. The number of amides is 3. The van der Waals surface area contributed by atoms with Crippen molar-refractivity contribution in [3.8, 4) is 0 Å². The summed E-state index contributed by atoms with van der Waals surface area (Å²) in [5.41, 5.74) is 1.64. The summed E-state index contributed by atoms with van der Waals surface area (Å²) >= 11 is 1.64. The Labute approximate surface area is 176 Å². The lowest BCUT2D eigenvalue weighted by Gasteiger charge is -2.32. The van der Waals surface area contributed by atoms with Gasteiger partial charge in [-0.3, -0.25) is 14.4 Å². The Balaban J connectivity index is 1.58. The first-order chi connectivity index (χ1) is 13.7. The summed E-state index contributed by atoms with van der Waals surface area (Å²) in [5.74, 6) is -0.461. The van der Waals surface area contributed by atoms with Gasteiger partial charge in [-0.05, 0) is 44.2 Å². The molecule has 4 rings (SSSR count). The maximum atomic E-state index is 13.4. The Morgan fingerprint density at radius 2 is 1.97 bits per heavy atom. The zero-order chi connectivity index (χ0) is 20.9. The van der Waals surface area contributed by atoms with Gasteiger partial charge in [-0.1, -0.05) is 38.5 Å². The molecule has 0 spiro atoms. The third-order valence-corrected chi connectivity index (χ3v) is 7.80. The molecule has 1 saturated carbocycles. The molecule has 1 aromatic carbocycles. The van der Waals surface area contributed by atoms with Crippen LogP contribution in [0.4, 0.5) is 0 Å². The molecule has 156 valence electrons. The monoisotopic (exact) mass is 415 g/mol. The second kappa shape index (κ2) is 7.35. The van der Waals surface area contributed by atoms with E-state index in [1.165, 1.54) is 0 Å². The topological polar surface area (TPSA) is 78.5 Å². The van der Waals surface area contributed by atoms with Crippen LogP contribution in [-0.2, 0) is 9.59 Å². The van der Waals surface area contributed by atoms with Crippen LogP contribution in [0.3, 0.4) is 0 Å². The van der Waals surface area contributed by atoms with Crippen LogP contribution in [0.25, 0.3) is 0 Å². The number of fused-ring (bicyclic) bond motifs is 3. The lowest BCUT2D eigenvalue weighted by atomic mass is 9.95. The second-order valence-electron chi connectivity index (χ2n) is 8.93. The van der Waals surface area contributed by atoms with Crippen LogP contribution in [0.5, 0.6) is 0 Å². The van der Waals surface area contributed by atoms with Gasteiger partial charge in [0.25, 0.3) is 5.91 Å². The predicted molar refractivity (Wildman–Crippen MR) is 113 cm³/mol. The largest absolute Gasteiger partial charge is 0.352 e. The van der Waals surface area contributed by atoms with Crippen molar-refractivity contribution in [2.24, 2.45) is 5.92 Å². The first kappa shape index (κ1) is 20.3. The molecule has 7 heteroatoms. The highest BCUT2D eigenvalue weighted by atomic mass is 32.2. The minimum Gasteiger partial charge on any atom is -0.352 e. The molecule has 1 aromatic rings. The van der Waals surface area contributed by atoms with E-state index < -0.39 is 16.8 Å². The number of thioether (sulfide) groups is 1. The van der Waals surface area contributed by atoms with E-state index in [1.807, 2.05) is 52.0 Å². The minimum atomic E-state index is -0.627. The zero-order valence-corrected chi connectivity index (χ0v) is 18.2. The van der Waals surface area contributed by atoms with Crippen molar-refractivity contribution in [1.29, 1.82) is 0 Å². The van der Waals surface area contributed by atoms with E-state index in [-0.39, 0.29) is 35.1 Å². The first-order valence-corrected chi connectivity index (χ1v) is 11.3. The van der Waals surface area contributed by atoms with Gasteiger partial charge < -0.3 is 15.5 Å². The molecule has 29 heavy (non-hydrogen) atoms. The maximum Gasteiger partial charge on any atom is 0.256 e. The van der Waals surface area contributed by atoms with Gasteiger partial charge in [-0.25, -0.2) is 0 Å². The fraction of sp³-hybridized carbons (Fsp3) is 0.591. The van der Waals surface area contributed by atoms with Gasteiger partial charge >= 0.3 is 0 Å². The fourth-order valence-corrected chi connectivity index (χ4v) is 5.85. The molecule has 2 aliphatic heterocycles.